The summed E-state index contributed by atoms with van der Waals surface area (Å²) in [5.74, 6) is -3.18. The summed E-state index contributed by atoms with van der Waals surface area (Å²) in [6, 6.07) is 47.2. The maximum Gasteiger partial charge on any atom is 0.239 e. The Labute approximate surface area is 260 Å². The standard InChI is InChI=1S/C40H26N2O3/c41-25-28-19-13-14-24-31(28)42-36(43)34-35(37(42)44)40(30-22-11-4-12-23-30)33(27-17-7-2-8-18-27)32(26-15-5-1-6-16-26)39(34,38(40)45)29-20-9-3-10-21-29/h1-24,34-35H/t34-,35+,39-,40-/m0/s1. The molecule has 5 aromatic carbocycles. The van der Waals surface area contributed by atoms with E-state index in [0.29, 0.717) is 11.1 Å². The molecule has 0 radical (unpaired) electrons. The van der Waals surface area contributed by atoms with Crippen LogP contribution in [0.5, 0.6) is 0 Å². The minimum absolute atomic E-state index is 0.171. The molecule has 0 aromatic heterocycles. The lowest BCUT2D eigenvalue weighted by atomic mass is 9.59. The van der Waals surface area contributed by atoms with Gasteiger partial charge >= 0.3 is 0 Å². The number of ketones is 1. The average Bonchev–Trinajstić information content (AvgIpc) is 3.61. The molecule has 1 saturated heterocycles. The first-order valence-electron chi connectivity index (χ1n) is 15.0. The first-order valence-corrected chi connectivity index (χ1v) is 15.0. The van der Waals surface area contributed by atoms with Crippen LogP contribution in [0.1, 0.15) is 27.8 Å². The topological polar surface area (TPSA) is 78.2 Å². The number of anilines is 1. The van der Waals surface area contributed by atoms with Gasteiger partial charge in [0.2, 0.25) is 11.8 Å². The van der Waals surface area contributed by atoms with Crippen LogP contribution in [0, 0.1) is 23.2 Å². The van der Waals surface area contributed by atoms with Crippen molar-refractivity contribution in [1.82, 2.24) is 0 Å². The number of hydrogen-bond acceptors (Lipinski definition) is 4. The lowest BCUT2D eigenvalue weighted by Gasteiger charge is -2.39. The third kappa shape index (κ3) is 3.29. The van der Waals surface area contributed by atoms with Gasteiger partial charge in [-0.25, -0.2) is 4.90 Å². The van der Waals surface area contributed by atoms with Crippen molar-refractivity contribution in [2.45, 2.75) is 10.8 Å². The summed E-state index contributed by atoms with van der Waals surface area (Å²) in [6.45, 7) is 0. The highest BCUT2D eigenvalue weighted by Crippen LogP contribution is 2.74. The number of rotatable bonds is 5. The predicted molar refractivity (Wildman–Crippen MR) is 172 cm³/mol. The number of fused-ring (bicyclic) bond motifs is 5. The molecular formula is C40H26N2O3. The zero-order valence-electron chi connectivity index (χ0n) is 24.1. The molecule has 1 saturated carbocycles. The van der Waals surface area contributed by atoms with Crippen LogP contribution < -0.4 is 4.90 Å². The number of nitriles is 1. The molecule has 2 bridgehead atoms. The first-order chi connectivity index (χ1) is 22.1. The van der Waals surface area contributed by atoms with Crippen molar-refractivity contribution in [1.29, 1.82) is 5.26 Å². The molecule has 3 aliphatic rings. The van der Waals surface area contributed by atoms with Gasteiger partial charge in [-0.15, -0.1) is 0 Å². The van der Waals surface area contributed by atoms with Crippen LogP contribution in [0.2, 0.25) is 0 Å². The van der Waals surface area contributed by atoms with Gasteiger partial charge in [0, 0.05) is 0 Å². The number of nitrogens with zero attached hydrogens (tertiary/aromatic N) is 2. The van der Waals surface area contributed by atoms with Gasteiger partial charge in [0.1, 0.15) is 6.07 Å². The van der Waals surface area contributed by atoms with E-state index < -0.39 is 34.5 Å². The molecule has 214 valence electrons. The van der Waals surface area contributed by atoms with Crippen molar-refractivity contribution < 1.29 is 14.4 Å². The maximum atomic E-state index is 15.8. The summed E-state index contributed by atoms with van der Waals surface area (Å²) in [4.78, 5) is 47.0. The lowest BCUT2D eigenvalue weighted by Crippen LogP contribution is -2.45. The Morgan fingerprint density at radius 3 is 1.31 bits per heavy atom. The van der Waals surface area contributed by atoms with Crippen molar-refractivity contribution in [3.8, 4) is 6.07 Å². The lowest BCUT2D eigenvalue weighted by molar-refractivity contribution is -0.130. The van der Waals surface area contributed by atoms with Gasteiger partial charge in [-0.05, 0) is 45.5 Å². The number of benzene rings is 5. The van der Waals surface area contributed by atoms with Crippen molar-refractivity contribution >= 4 is 34.4 Å². The van der Waals surface area contributed by atoms with Crippen LogP contribution in [0.4, 0.5) is 5.69 Å². The predicted octanol–water partition coefficient (Wildman–Crippen LogP) is 6.75. The van der Waals surface area contributed by atoms with Gasteiger partial charge in [0.15, 0.2) is 5.78 Å². The van der Waals surface area contributed by atoms with Crippen molar-refractivity contribution in [3.05, 3.63) is 173 Å². The molecule has 0 spiro atoms. The van der Waals surface area contributed by atoms with E-state index in [4.69, 9.17) is 0 Å². The van der Waals surface area contributed by atoms with Gasteiger partial charge in [0.25, 0.3) is 0 Å². The fourth-order valence-electron chi connectivity index (χ4n) is 8.33. The van der Waals surface area contributed by atoms with E-state index in [2.05, 4.69) is 6.07 Å². The summed E-state index contributed by atoms with van der Waals surface area (Å²) in [5, 5.41) is 9.99. The molecule has 2 aliphatic carbocycles. The van der Waals surface area contributed by atoms with Gasteiger partial charge in [-0.1, -0.05) is 133 Å². The van der Waals surface area contributed by atoms with Crippen LogP contribution in [0.15, 0.2) is 146 Å². The maximum absolute atomic E-state index is 15.8. The molecule has 4 atom stereocenters. The van der Waals surface area contributed by atoms with Crippen LogP contribution in [0.25, 0.3) is 11.1 Å². The fourth-order valence-corrected chi connectivity index (χ4v) is 8.33. The van der Waals surface area contributed by atoms with E-state index in [9.17, 15) is 14.9 Å². The number of amides is 2. The second kappa shape index (κ2) is 9.83. The second-order valence-corrected chi connectivity index (χ2v) is 11.8. The third-order valence-electron chi connectivity index (χ3n) is 9.84. The van der Waals surface area contributed by atoms with E-state index >= 15 is 4.79 Å². The molecule has 5 heteroatoms. The Hall–Kier alpha value is -5.86. The number of para-hydroxylation sites is 1. The molecular weight excluding hydrogens is 556 g/mol. The summed E-state index contributed by atoms with van der Waals surface area (Å²) in [5.41, 5.74) is 1.98. The largest absolute Gasteiger partial charge is 0.297 e. The molecule has 1 aliphatic heterocycles. The first kappa shape index (κ1) is 26.7. The fraction of sp³-hybridized carbons (Fsp3) is 0.100. The summed E-state index contributed by atoms with van der Waals surface area (Å²) in [6.07, 6.45) is 0. The van der Waals surface area contributed by atoms with E-state index in [1.807, 2.05) is 121 Å². The molecule has 1 heterocycles. The highest BCUT2D eigenvalue weighted by molar-refractivity contribution is 6.39. The summed E-state index contributed by atoms with van der Waals surface area (Å²) in [7, 11) is 0. The number of imide groups is 1. The third-order valence-corrected chi connectivity index (χ3v) is 9.84. The Balaban J connectivity index is 1.56. The van der Waals surface area contributed by atoms with Crippen molar-refractivity contribution in [2.75, 3.05) is 4.90 Å². The summed E-state index contributed by atoms with van der Waals surface area (Å²) < 4.78 is 0. The highest BCUT2D eigenvalue weighted by atomic mass is 16.2. The molecule has 8 rings (SSSR count). The van der Waals surface area contributed by atoms with E-state index in [-0.39, 0.29) is 17.0 Å². The number of hydrogen-bond donors (Lipinski definition) is 0. The summed E-state index contributed by atoms with van der Waals surface area (Å²) >= 11 is 0. The Morgan fingerprint density at radius 1 is 0.511 bits per heavy atom. The monoisotopic (exact) mass is 582 g/mol. The molecule has 2 amide bonds. The van der Waals surface area contributed by atoms with E-state index in [0.717, 1.165) is 22.3 Å². The van der Waals surface area contributed by atoms with Crippen molar-refractivity contribution in [2.24, 2.45) is 11.8 Å². The average molecular weight is 583 g/mol. The Morgan fingerprint density at radius 2 is 0.889 bits per heavy atom. The Kier molecular flexibility index (Phi) is 5.84. The number of allylic oxidation sites excluding steroid dienone is 2. The smallest absolute Gasteiger partial charge is 0.239 e. The Bertz CT molecular complexity index is 1960. The molecule has 0 N–H and O–H groups in total. The van der Waals surface area contributed by atoms with Crippen molar-refractivity contribution in [3.63, 3.8) is 0 Å². The van der Waals surface area contributed by atoms with Gasteiger partial charge < -0.3 is 0 Å². The van der Waals surface area contributed by atoms with Gasteiger partial charge in [-0.3, -0.25) is 14.4 Å². The molecule has 5 nitrogen and oxygen atoms in total. The zero-order valence-corrected chi connectivity index (χ0v) is 24.1. The zero-order chi connectivity index (χ0) is 30.8. The molecule has 2 fully saturated rings. The van der Waals surface area contributed by atoms with Gasteiger partial charge in [0.05, 0.1) is 33.9 Å². The molecule has 45 heavy (non-hydrogen) atoms. The van der Waals surface area contributed by atoms with Crippen LogP contribution in [-0.2, 0) is 25.2 Å². The number of carbonyl (C=O) groups excluding carboxylic acids is 3. The number of Topliss-reactive ketones (excluding diaryl/α,β-unsaturated/α-hetero) is 1. The van der Waals surface area contributed by atoms with Gasteiger partial charge in [-0.2, -0.15) is 5.26 Å². The SMILES string of the molecule is N#Cc1ccccc1N1C(=O)[C@@H]2[C@H](C1=O)[C@@]1(c3ccccc3)C(=O)[C@@]2(c2ccccc2)C(c2ccccc2)=C1c1ccccc1. The number of carbonyl (C=O) groups is 3. The van der Waals surface area contributed by atoms with E-state index in [1.165, 1.54) is 4.90 Å². The van der Waals surface area contributed by atoms with E-state index in [1.54, 1.807) is 24.3 Å². The minimum atomic E-state index is -1.47. The van der Waals surface area contributed by atoms with Crippen LogP contribution in [-0.4, -0.2) is 17.6 Å². The highest BCUT2D eigenvalue weighted by Gasteiger charge is 2.82. The van der Waals surface area contributed by atoms with Crippen LogP contribution in [0.3, 0.4) is 0 Å². The quantitative estimate of drug-likeness (QED) is 0.215. The molecule has 5 aromatic rings. The molecule has 0 unspecified atom stereocenters. The minimum Gasteiger partial charge on any atom is -0.297 e. The normalized spacial score (nSPS) is 25.0. The van der Waals surface area contributed by atoms with Crippen LogP contribution >= 0.6 is 0 Å². The second-order valence-electron chi connectivity index (χ2n) is 11.8.